The first-order valence-corrected chi connectivity index (χ1v) is 3.96. The fourth-order valence-corrected chi connectivity index (χ4v) is 1.17. The van der Waals surface area contributed by atoms with Crippen LogP contribution < -0.4 is 0 Å². The molecule has 0 bridgehead atoms. The summed E-state index contributed by atoms with van der Waals surface area (Å²) < 4.78 is 0. The lowest BCUT2D eigenvalue weighted by molar-refractivity contribution is 0.256. The van der Waals surface area contributed by atoms with Crippen LogP contribution in [0.15, 0.2) is 37.7 Å². The summed E-state index contributed by atoms with van der Waals surface area (Å²) in [6.45, 7) is 8.89. The summed E-state index contributed by atoms with van der Waals surface area (Å²) in [5.74, 6) is 0. The number of rotatable bonds is 4. The zero-order valence-corrected chi connectivity index (χ0v) is 7.19. The van der Waals surface area contributed by atoms with E-state index in [-0.39, 0.29) is 6.07 Å². The molecule has 1 aliphatic heterocycles. The summed E-state index contributed by atoms with van der Waals surface area (Å²) in [5.41, 5.74) is 0. The number of nitrogens with zero attached hydrogens (tertiary/aromatic N) is 2. The Balaban J connectivity index is 2.48. The highest BCUT2D eigenvalue weighted by atomic mass is 15.4. The SMILES string of the molecule is [B]C1N(CC=C)C=CN1CC=C. The first kappa shape index (κ1) is 8.98. The molecule has 0 saturated carbocycles. The van der Waals surface area contributed by atoms with Gasteiger partial charge in [0, 0.05) is 25.5 Å². The van der Waals surface area contributed by atoms with Gasteiger partial charge in [0.15, 0.2) is 0 Å². The van der Waals surface area contributed by atoms with E-state index in [1.807, 2.05) is 34.4 Å². The minimum Gasteiger partial charge on any atom is -0.361 e. The molecule has 0 atom stereocenters. The molecule has 0 spiro atoms. The van der Waals surface area contributed by atoms with Crippen molar-refractivity contribution in [1.29, 1.82) is 0 Å². The van der Waals surface area contributed by atoms with E-state index in [0.717, 1.165) is 13.1 Å². The van der Waals surface area contributed by atoms with Crippen LogP contribution in [0.4, 0.5) is 0 Å². The summed E-state index contributed by atoms with van der Waals surface area (Å²) in [6.07, 6.45) is 7.61. The minimum absolute atomic E-state index is 0.0685. The highest BCUT2D eigenvalue weighted by Gasteiger charge is 2.18. The lowest BCUT2D eigenvalue weighted by atomic mass is 10.0. The van der Waals surface area contributed by atoms with E-state index in [0.29, 0.717) is 0 Å². The lowest BCUT2D eigenvalue weighted by Gasteiger charge is -2.28. The maximum absolute atomic E-state index is 5.89. The van der Waals surface area contributed by atoms with Crippen LogP contribution in [0.1, 0.15) is 0 Å². The monoisotopic (exact) mass is 160 g/mol. The summed E-state index contributed by atoms with van der Waals surface area (Å²) in [5, 5.41) is 0. The standard InChI is InChI=1S/C9H13BN2/c1-3-5-11-7-8-12(6-4-2)9(11)10/h3-4,7-9H,1-2,5-6H2. The van der Waals surface area contributed by atoms with Crippen molar-refractivity contribution in [3.63, 3.8) is 0 Å². The molecule has 12 heavy (non-hydrogen) atoms. The topological polar surface area (TPSA) is 6.48 Å². The molecule has 0 N–H and O–H groups in total. The smallest absolute Gasteiger partial charge is 0.129 e. The molecule has 1 aliphatic rings. The Morgan fingerprint density at radius 3 is 1.92 bits per heavy atom. The second kappa shape index (κ2) is 4.05. The zero-order chi connectivity index (χ0) is 8.97. The Kier molecular flexibility index (Phi) is 3.03. The van der Waals surface area contributed by atoms with Gasteiger partial charge in [-0.15, -0.1) is 13.2 Å². The second-order valence-electron chi connectivity index (χ2n) is 2.68. The van der Waals surface area contributed by atoms with Gasteiger partial charge in [0.1, 0.15) is 7.85 Å². The van der Waals surface area contributed by atoms with Crippen LogP contribution in [0.3, 0.4) is 0 Å². The number of hydrogen-bond acceptors (Lipinski definition) is 2. The Labute approximate surface area is 75.3 Å². The van der Waals surface area contributed by atoms with Gasteiger partial charge in [-0.2, -0.15) is 0 Å². The van der Waals surface area contributed by atoms with Crippen molar-refractivity contribution in [3.05, 3.63) is 37.7 Å². The van der Waals surface area contributed by atoms with Crippen LogP contribution in [0.2, 0.25) is 0 Å². The van der Waals surface area contributed by atoms with Crippen molar-refractivity contribution in [3.8, 4) is 0 Å². The molecule has 1 heterocycles. The van der Waals surface area contributed by atoms with Gasteiger partial charge in [-0.1, -0.05) is 12.2 Å². The van der Waals surface area contributed by atoms with E-state index >= 15 is 0 Å². The largest absolute Gasteiger partial charge is 0.361 e. The highest BCUT2D eigenvalue weighted by molar-refractivity contribution is 6.11. The van der Waals surface area contributed by atoms with E-state index in [2.05, 4.69) is 13.2 Å². The summed E-state index contributed by atoms with van der Waals surface area (Å²) in [4.78, 5) is 4.02. The zero-order valence-electron chi connectivity index (χ0n) is 7.19. The van der Waals surface area contributed by atoms with Crippen molar-refractivity contribution in [2.24, 2.45) is 0 Å². The molecule has 0 fully saturated rings. The molecule has 0 aromatic heterocycles. The van der Waals surface area contributed by atoms with Gasteiger partial charge in [0.05, 0.1) is 6.07 Å². The molecule has 0 aromatic carbocycles. The first-order chi connectivity index (χ1) is 5.79. The van der Waals surface area contributed by atoms with Crippen LogP contribution >= 0.6 is 0 Å². The lowest BCUT2D eigenvalue weighted by Crippen LogP contribution is -2.38. The van der Waals surface area contributed by atoms with Crippen LogP contribution in [-0.2, 0) is 0 Å². The van der Waals surface area contributed by atoms with Gasteiger partial charge >= 0.3 is 0 Å². The summed E-state index contributed by atoms with van der Waals surface area (Å²) in [6, 6.07) is -0.0685. The molecular formula is C9H13BN2. The van der Waals surface area contributed by atoms with Crippen molar-refractivity contribution in [2.45, 2.75) is 6.07 Å². The van der Waals surface area contributed by atoms with Gasteiger partial charge in [-0.3, -0.25) is 0 Å². The normalized spacial score (nSPS) is 17.0. The van der Waals surface area contributed by atoms with E-state index in [1.54, 1.807) is 0 Å². The molecule has 0 aromatic rings. The predicted octanol–water partition coefficient (Wildman–Crippen LogP) is 0.899. The van der Waals surface area contributed by atoms with Gasteiger partial charge in [-0.25, -0.2) is 0 Å². The molecule has 62 valence electrons. The van der Waals surface area contributed by atoms with Crippen molar-refractivity contribution in [2.75, 3.05) is 13.1 Å². The molecule has 0 aliphatic carbocycles. The van der Waals surface area contributed by atoms with E-state index < -0.39 is 0 Å². The van der Waals surface area contributed by atoms with Gasteiger partial charge in [-0.05, 0) is 0 Å². The minimum atomic E-state index is -0.0685. The van der Waals surface area contributed by atoms with Crippen LogP contribution in [-0.4, -0.2) is 36.8 Å². The highest BCUT2D eigenvalue weighted by Crippen LogP contribution is 2.12. The van der Waals surface area contributed by atoms with Crippen LogP contribution in [0.25, 0.3) is 0 Å². The maximum atomic E-state index is 5.89. The average molecular weight is 160 g/mol. The van der Waals surface area contributed by atoms with Crippen molar-refractivity contribution < 1.29 is 0 Å². The van der Waals surface area contributed by atoms with Gasteiger partial charge in [0.25, 0.3) is 0 Å². The van der Waals surface area contributed by atoms with Gasteiger partial charge < -0.3 is 9.80 Å². The molecule has 0 amide bonds. The Hall–Kier alpha value is -1.12. The quantitative estimate of drug-likeness (QED) is 0.445. The third-order valence-electron chi connectivity index (χ3n) is 1.81. The fourth-order valence-electron chi connectivity index (χ4n) is 1.17. The van der Waals surface area contributed by atoms with E-state index in [4.69, 9.17) is 7.85 Å². The summed E-state index contributed by atoms with van der Waals surface area (Å²) in [7, 11) is 5.89. The molecule has 1 rings (SSSR count). The molecule has 0 unspecified atom stereocenters. The molecular weight excluding hydrogens is 147 g/mol. The van der Waals surface area contributed by atoms with Crippen LogP contribution in [0.5, 0.6) is 0 Å². The van der Waals surface area contributed by atoms with Crippen molar-refractivity contribution >= 4 is 7.85 Å². The van der Waals surface area contributed by atoms with Gasteiger partial charge in [0.2, 0.25) is 0 Å². The predicted molar refractivity (Wildman–Crippen MR) is 52.5 cm³/mol. The molecule has 2 radical (unpaired) electrons. The molecule has 3 heteroatoms. The first-order valence-electron chi connectivity index (χ1n) is 3.96. The maximum Gasteiger partial charge on any atom is 0.129 e. The van der Waals surface area contributed by atoms with Crippen molar-refractivity contribution in [1.82, 2.24) is 9.80 Å². The molecule has 0 saturated heterocycles. The fraction of sp³-hybridized carbons (Fsp3) is 0.333. The summed E-state index contributed by atoms with van der Waals surface area (Å²) >= 11 is 0. The third-order valence-corrected chi connectivity index (χ3v) is 1.81. The number of hydrogen-bond donors (Lipinski definition) is 0. The Morgan fingerprint density at radius 2 is 1.58 bits per heavy atom. The Morgan fingerprint density at radius 1 is 1.17 bits per heavy atom. The Bertz CT molecular complexity index is 181. The van der Waals surface area contributed by atoms with Crippen LogP contribution in [0, 0.1) is 0 Å². The van der Waals surface area contributed by atoms with E-state index in [1.165, 1.54) is 0 Å². The second-order valence-corrected chi connectivity index (χ2v) is 2.68. The van der Waals surface area contributed by atoms with E-state index in [9.17, 15) is 0 Å². The average Bonchev–Trinajstić information content (AvgIpc) is 2.38. The third kappa shape index (κ3) is 1.73. The molecule has 2 nitrogen and oxygen atoms in total.